The van der Waals surface area contributed by atoms with Crippen LogP contribution in [0.4, 0.5) is 4.39 Å². The van der Waals surface area contributed by atoms with Gasteiger partial charge in [-0.05, 0) is 49.9 Å². The smallest absolute Gasteiger partial charge is 0.220 e. The number of nitrogens with one attached hydrogen (secondary N) is 1. The number of amides is 1. The van der Waals surface area contributed by atoms with Gasteiger partial charge in [-0.15, -0.1) is 0 Å². The summed E-state index contributed by atoms with van der Waals surface area (Å²) in [7, 11) is 0. The first-order valence-corrected chi connectivity index (χ1v) is 11.0. The number of hydrogen-bond donors (Lipinski definition) is 1. The number of likely N-dealkylation sites (tertiary alicyclic amines) is 2. The van der Waals surface area contributed by atoms with E-state index in [1.807, 2.05) is 18.2 Å². The fourth-order valence-corrected chi connectivity index (χ4v) is 5.09. The average molecular weight is 428 g/mol. The van der Waals surface area contributed by atoms with E-state index < -0.39 is 6.17 Å². The van der Waals surface area contributed by atoms with Crippen molar-refractivity contribution in [3.63, 3.8) is 0 Å². The minimum absolute atomic E-state index is 0.0974. The van der Waals surface area contributed by atoms with E-state index in [2.05, 4.69) is 15.1 Å². The third kappa shape index (κ3) is 4.33. The number of carbonyl (C=O) groups is 1. The number of hydrogen-bond acceptors (Lipinski definition) is 3. The lowest BCUT2D eigenvalue weighted by Crippen LogP contribution is -2.61. The summed E-state index contributed by atoms with van der Waals surface area (Å²) in [6.45, 7) is 5.52. The summed E-state index contributed by atoms with van der Waals surface area (Å²) >= 11 is 12.4. The summed E-state index contributed by atoms with van der Waals surface area (Å²) in [6, 6.07) is 6.43. The van der Waals surface area contributed by atoms with Crippen molar-refractivity contribution >= 4 is 29.1 Å². The van der Waals surface area contributed by atoms with Gasteiger partial charge in [0, 0.05) is 50.6 Å². The van der Waals surface area contributed by atoms with Gasteiger partial charge in [0.1, 0.15) is 6.17 Å². The molecule has 1 aromatic carbocycles. The third-order valence-corrected chi connectivity index (χ3v) is 7.55. The van der Waals surface area contributed by atoms with Gasteiger partial charge >= 0.3 is 0 Å². The molecule has 0 radical (unpaired) electrons. The van der Waals surface area contributed by atoms with Crippen LogP contribution in [-0.2, 0) is 10.2 Å². The van der Waals surface area contributed by atoms with E-state index in [1.54, 1.807) is 0 Å². The van der Waals surface area contributed by atoms with Crippen LogP contribution >= 0.6 is 23.2 Å². The van der Waals surface area contributed by atoms with Gasteiger partial charge < -0.3 is 10.2 Å². The summed E-state index contributed by atoms with van der Waals surface area (Å²) in [6.07, 6.45) is 3.09. The molecule has 0 saturated carbocycles. The zero-order valence-corrected chi connectivity index (χ0v) is 17.6. The van der Waals surface area contributed by atoms with Gasteiger partial charge in [-0.25, -0.2) is 4.39 Å². The Morgan fingerprint density at radius 3 is 2.57 bits per heavy atom. The van der Waals surface area contributed by atoms with Crippen LogP contribution < -0.4 is 5.32 Å². The van der Waals surface area contributed by atoms with Crippen molar-refractivity contribution in [1.29, 1.82) is 0 Å². The van der Waals surface area contributed by atoms with Crippen molar-refractivity contribution in [2.75, 3.05) is 39.3 Å². The van der Waals surface area contributed by atoms with Gasteiger partial charge in [-0.3, -0.25) is 9.69 Å². The lowest BCUT2D eigenvalue weighted by atomic mass is 9.72. The highest BCUT2D eigenvalue weighted by Crippen LogP contribution is 2.38. The fourth-order valence-electron chi connectivity index (χ4n) is 4.79. The molecule has 4 rings (SSSR count). The van der Waals surface area contributed by atoms with Gasteiger partial charge in [-0.1, -0.05) is 29.3 Å². The van der Waals surface area contributed by atoms with Gasteiger partial charge in [-0.2, -0.15) is 0 Å². The molecule has 0 aromatic heterocycles. The molecule has 3 saturated heterocycles. The molecule has 3 aliphatic rings. The molecule has 7 heteroatoms. The van der Waals surface area contributed by atoms with Crippen LogP contribution in [0.15, 0.2) is 18.2 Å². The predicted octanol–water partition coefficient (Wildman–Crippen LogP) is 3.65. The van der Waals surface area contributed by atoms with Crippen molar-refractivity contribution in [1.82, 2.24) is 15.1 Å². The zero-order valence-electron chi connectivity index (χ0n) is 16.1. The first-order valence-electron chi connectivity index (χ1n) is 10.3. The molecule has 1 aromatic rings. The summed E-state index contributed by atoms with van der Waals surface area (Å²) in [5, 5.41) is 4.18. The molecule has 3 heterocycles. The van der Waals surface area contributed by atoms with Gasteiger partial charge in [0.15, 0.2) is 0 Å². The number of carbonyl (C=O) groups excluding carboxylic acids is 1. The van der Waals surface area contributed by atoms with E-state index in [0.717, 1.165) is 51.1 Å². The molecule has 4 nitrogen and oxygen atoms in total. The Morgan fingerprint density at radius 2 is 1.93 bits per heavy atom. The lowest BCUT2D eigenvalue weighted by molar-refractivity contribution is -0.123. The fraction of sp³-hybridized carbons (Fsp3) is 0.667. The van der Waals surface area contributed by atoms with Crippen LogP contribution in [0.1, 0.15) is 37.7 Å². The van der Waals surface area contributed by atoms with E-state index >= 15 is 0 Å². The number of alkyl halides is 1. The Morgan fingerprint density at radius 1 is 1.18 bits per heavy atom. The van der Waals surface area contributed by atoms with Crippen LogP contribution in [0.25, 0.3) is 0 Å². The van der Waals surface area contributed by atoms with Crippen molar-refractivity contribution in [3.8, 4) is 0 Å². The summed E-state index contributed by atoms with van der Waals surface area (Å²) in [4.78, 5) is 16.7. The van der Waals surface area contributed by atoms with Crippen LogP contribution in [-0.4, -0.2) is 67.2 Å². The highest BCUT2D eigenvalue weighted by molar-refractivity contribution is 6.42. The number of halogens is 3. The van der Waals surface area contributed by atoms with Gasteiger partial charge in [0.2, 0.25) is 5.91 Å². The summed E-state index contributed by atoms with van der Waals surface area (Å²) in [5.74, 6) is 0.121. The standard InChI is InChI=1S/C21H28Cl2FN3O/c22-18-2-1-15(11-19(18)23)21(6-3-20(28)25-14-21)7-10-26-12-17(13-26)27-8-4-16(24)5-9-27/h1-2,11,16-17H,3-10,12-14H2,(H,25,28). The maximum atomic E-state index is 13.3. The normalized spacial score (nSPS) is 28.2. The minimum Gasteiger partial charge on any atom is -0.355 e. The van der Waals surface area contributed by atoms with Crippen molar-refractivity contribution in [2.45, 2.75) is 49.7 Å². The Balaban J connectivity index is 1.36. The van der Waals surface area contributed by atoms with E-state index in [0.29, 0.717) is 41.9 Å². The number of piperidine rings is 2. The number of nitrogens with zero attached hydrogens (tertiary/aromatic N) is 2. The summed E-state index contributed by atoms with van der Waals surface area (Å²) in [5.41, 5.74) is 1.06. The second-order valence-electron chi connectivity index (χ2n) is 8.56. The predicted molar refractivity (Wildman–Crippen MR) is 111 cm³/mol. The molecule has 3 aliphatic heterocycles. The molecule has 1 amide bonds. The maximum absolute atomic E-state index is 13.3. The average Bonchev–Trinajstić information content (AvgIpc) is 2.66. The maximum Gasteiger partial charge on any atom is 0.220 e. The second-order valence-corrected chi connectivity index (χ2v) is 9.37. The second kappa shape index (κ2) is 8.47. The van der Waals surface area contributed by atoms with E-state index in [1.165, 1.54) is 0 Å². The molecule has 0 bridgehead atoms. The van der Waals surface area contributed by atoms with Gasteiger partial charge in [0.25, 0.3) is 0 Å². The van der Waals surface area contributed by atoms with Crippen LogP contribution in [0.2, 0.25) is 10.0 Å². The Kier molecular flexibility index (Phi) is 6.17. The zero-order chi connectivity index (χ0) is 19.7. The summed E-state index contributed by atoms with van der Waals surface area (Å²) < 4.78 is 13.3. The molecule has 0 aliphatic carbocycles. The molecule has 28 heavy (non-hydrogen) atoms. The lowest BCUT2D eigenvalue weighted by Gasteiger charge is -2.48. The number of benzene rings is 1. The highest BCUT2D eigenvalue weighted by atomic mass is 35.5. The van der Waals surface area contributed by atoms with Gasteiger partial charge in [0.05, 0.1) is 10.0 Å². The highest BCUT2D eigenvalue weighted by Gasteiger charge is 2.39. The van der Waals surface area contributed by atoms with Crippen molar-refractivity contribution in [3.05, 3.63) is 33.8 Å². The Hall–Kier alpha value is -0.880. The molecule has 0 spiro atoms. The monoisotopic (exact) mass is 427 g/mol. The largest absolute Gasteiger partial charge is 0.355 e. The molecule has 154 valence electrons. The Bertz CT molecular complexity index is 708. The van der Waals surface area contributed by atoms with E-state index in [-0.39, 0.29) is 11.3 Å². The van der Waals surface area contributed by atoms with Crippen LogP contribution in [0, 0.1) is 0 Å². The SMILES string of the molecule is O=C1CCC(CCN2CC(N3CCC(F)CC3)C2)(c2ccc(Cl)c(Cl)c2)CN1. The molecular weight excluding hydrogens is 400 g/mol. The minimum atomic E-state index is -0.611. The van der Waals surface area contributed by atoms with Crippen LogP contribution in [0.3, 0.4) is 0 Å². The number of rotatable bonds is 5. The molecular formula is C21H28Cl2FN3O. The van der Waals surface area contributed by atoms with Crippen molar-refractivity contribution in [2.24, 2.45) is 0 Å². The first-order chi connectivity index (χ1) is 13.4. The topological polar surface area (TPSA) is 35.6 Å². The van der Waals surface area contributed by atoms with E-state index in [9.17, 15) is 9.18 Å². The van der Waals surface area contributed by atoms with Crippen molar-refractivity contribution < 1.29 is 9.18 Å². The first kappa shape index (κ1) is 20.4. The molecule has 1 atom stereocenters. The van der Waals surface area contributed by atoms with E-state index in [4.69, 9.17) is 23.2 Å². The molecule has 1 unspecified atom stereocenters. The molecule has 1 N–H and O–H groups in total. The van der Waals surface area contributed by atoms with Crippen LogP contribution in [0.5, 0.6) is 0 Å². The quantitative estimate of drug-likeness (QED) is 0.778. The third-order valence-electron chi connectivity index (χ3n) is 6.81. The molecule has 3 fully saturated rings. The Labute approximate surface area is 176 Å².